The molecule has 2 aliphatic heterocycles. The Morgan fingerprint density at radius 3 is 2.57 bits per heavy atom. The highest BCUT2D eigenvalue weighted by atomic mass is 16.6. The van der Waals surface area contributed by atoms with Crippen molar-refractivity contribution in [1.29, 1.82) is 0 Å². The molecule has 1 saturated carbocycles. The lowest BCUT2D eigenvalue weighted by Gasteiger charge is -2.46. The minimum Gasteiger partial charge on any atom is -0.501 e. The van der Waals surface area contributed by atoms with Crippen molar-refractivity contribution in [2.75, 3.05) is 13.2 Å². The topological polar surface area (TPSA) is 131 Å². The molecule has 0 spiro atoms. The number of benzene rings is 1. The summed E-state index contributed by atoms with van der Waals surface area (Å²) in [5.41, 5.74) is 7.00. The number of carbonyl (C=O) groups excluding carboxylic acids is 2. The molecule has 0 radical (unpaired) electrons. The Hall–Kier alpha value is -2.94. The summed E-state index contributed by atoms with van der Waals surface area (Å²) in [6.07, 6.45) is 4.66. The predicted molar refractivity (Wildman–Crippen MR) is 99.3 cm³/mol. The van der Waals surface area contributed by atoms with E-state index in [1.165, 1.54) is 29.8 Å². The van der Waals surface area contributed by atoms with Gasteiger partial charge in [-0.1, -0.05) is 0 Å². The second kappa shape index (κ2) is 9.84. The van der Waals surface area contributed by atoms with Gasteiger partial charge in [-0.3, -0.25) is 10.1 Å². The Morgan fingerprint density at radius 1 is 1.39 bits per heavy atom. The Morgan fingerprint density at radius 2 is 2.07 bits per heavy atom. The van der Waals surface area contributed by atoms with Gasteiger partial charge in [0.1, 0.15) is 12.9 Å². The minimum absolute atomic E-state index is 0.00664. The SMILES string of the molecule is CC(CC=O)OCC12COC=C(C1)C2.NC(=O)OCc1ccc([N+](=O)[O-])cc1. The van der Waals surface area contributed by atoms with Crippen LogP contribution in [0.3, 0.4) is 0 Å². The number of amides is 1. The number of aldehydes is 1. The molecular weight excluding hydrogens is 368 g/mol. The molecule has 2 N–H and O–H groups in total. The third kappa shape index (κ3) is 6.34. The quantitative estimate of drug-likeness (QED) is 0.409. The second-order valence-corrected chi connectivity index (χ2v) is 7.00. The van der Waals surface area contributed by atoms with E-state index in [0.29, 0.717) is 12.0 Å². The summed E-state index contributed by atoms with van der Waals surface area (Å²) >= 11 is 0. The smallest absolute Gasteiger partial charge is 0.404 e. The highest BCUT2D eigenvalue weighted by Crippen LogP contribution is 2.48. The molecule has 4 rings (SSSR count). The first-order valence-electron chi connectivity index (χ1n) is 8.84. The van der Waals surface area contributed by atoms with Gasteiger partial charge in [0.05, 0.1) is 30.5 Å². The lowest BCUT2D eigenvalue weighted by Crippen LogP contribution is -2.43. The molecule has 1 aromatic rings. The number of carbonyl (C=O) groups is 2. The molecule has 1 aliphatic carbocycles. The molecule has 1 amide bonds. The zero-order chi connectivity index (χ0) is 20.6. The van der Waals surface area contributed by atoms with Crippen LogP contribution in [-0.4, -0.2) is 36.6 Å². The van der Waals surface area contributed by atoms with E-state index in [-0.39, 0.29) is 23.8 Å². The first kappa shape index (κ1) is 21.4. The fraction of sp³-hybridized carbons (Fsp3) is 0.474. The molecule has 3 aliphatic rings. The Bertz CT molecular complexity index is 722. The Labute approximate surface area is 162 Å². The molecular formula is C19H24N2O7. The van der Waals surface area contributed by atoms with Gasteiger partial charge in [0.15, 0.2) is 0 Å². The van der Waals surface area contributed by atoms with Crippen molar-refractivity contribution in [2.45, 2.75) is 38.9 Å². The van der Waals surface area contributed by atoms with Crippen LogP contribution >= 0.6 is 0 Å². The van der Waals surface area contributed by atoms with Crippen LogP contribution in [-0.2, 0) is 25.6 Å². The standard InChI is InChI=1S/C11H16O3.C8H8N2O4/c1-9(2-3-12)14-8-11-4-10(5-11)6-13-7-11;9-8(11)14-5-6-1-3-7(4-2-6)10(12)13/h3,6,9H,2,4-5,7-8H2,1H3;1-4H,5H2,(H2,9,11). The van der Waals surface area contributed by atoms with Gasteiger partial charge in [-0.05, 0) is 43.0 Å². The molecule has 2 bridgehead atoms. The van der Waals surface area contributed by atoms with E-state index in [2.05, 4.69) is 4.74 Å². The third-order valence-corrected chi connectivity index (χ3v) is 4.47. The summed E-state index contributed by atoms with van der Waals surface area (Å²) in [6.45, 7) is 3.45. The number of allylic oxidation sites excluding steroid dienone is 1. The van der Waals surface area contributed by atoms with Crippen LogP contribution in [0.4, 0.5) is 10.5 Å². The van der Waals surface area contributed by atoms with E-state index in [1.807, 2.05) is 13.2 Å². The minimum atomic E-state index is -0.872. The van der Waals surface area contributed by atoms with Crippen molar-refractivity contribution in [3.63, 3.8) is 0 Å². The number of ether oxygens (including phenoxy) is 3. The average molecular weight is 392 g/mol. The van der Waals surface area contributed by atoms with Crippen molar-refractivity contribution in [3.05, 3.63) is 51.8 Å². The zero-order valence-electron chi connectivity index (χ0n) is 15.7. The number of non-ortho nitro benzene ring substituents is 1. The summed E-state index contributed by atoms with van der Waals surface area (Å²) in [6, 6.07) is 5.67. The molecule has 152 valence electrons. The van der Waals surface area contributed by atoms with E-state index in [0.717, 1.165) is 32.3 Å². The number of nitro benzene ring substituents is 1. The van der Waals surface area contributed by atoms with Gasteiger partial charge in [0.2, 0.25) is 0 Å². The number of rotatable bonds is 8. The summed E-state index contributed by atoms with van der Waals surface area (Å²) in [7, 11) is 0. The van der Waals surface area contributed by atoms with Crippen molar-refractivity contribution < 1.29 is 28.7 Å². The lowest BCUT2D eigenvalue weighted by atomic mass is 9.66. The van der Waals surface area contributed by atoms with Crippen molar-refractivity contribution in [1.82, 2.24) is 0 Å². The number of nitrogens with zero attached hydrogens (tertiary/aromatic N) is 1. The molecule has 9 heteroatoms. The highest BCUT2D eigenvalue weighted by Gasteiger charge is 2.44. The van der Waals surface area contributed by atoms with Gasteiger partial charge in [0.25, 0.3) is 5.69 Å². The maximum absolute atomic E-state index is 10.3. The lowest BCUT2D eigenvalue weighted by molar-refractivity contribution is -0.384. The van der Waals surface area contributed by atoms with Crippen molar-refractivity contribution in [2.24, 2.45) is 11.1 Å². The Balaban J connectivity index is 0.000000200. The normalized spacial score (nSPS) is 16.8. The van der Waals surface area contributed by atoms with E-state index < -0.39 is 11.0 Å². The first-order valence-corrected chi connectivity index (χ1v) is 8.84. The van der Waals surface area contributed by atoms with Crippen LogP contribution in [0, 0.1) is 15.5 Å². The molecule has 28 heavy (non-hydrogen) atoms. The van der Waals surface area contributed by atoms with Gasteiger partial charge in [-0.15, -0.1) is 0 Å². The van der Waals surface area contributed by atoms with Gasteiger partial charge < -0.3 is 24.7 Å². The summed E-state index contributed by atoms with van der Waals surface area (Å²) in [5, 5.41) is 10.3. The van der Waals surface area contributed by atoms with Crippen molar-refractivity contribution >= 4 is 18.1 Å². The highest BCUT2D eigenvalue weighted by molar-refractivity contribution is 5.64. The summed E-state index contributed by atoms with van der Waals surface area (Å²) in [5.74, 6) is 0. The number of hydrogen-bond donors (Lipinski definition) is 1. The third-order valence-electron chi connectivity index (χ3n) is 4.47. The van der Waals surface area contributed by atoms with E-state index in [1.54, 1.807) is 0 Å². The maximum atomic E-state index is 10.3. The molecule has 1 atom stereocenters. The maximum Gasteiger partial charge on any atom is 0.404 e. The predicted octanol–water partition coefficient (Wildman–Crippen LogP) is 2.86. The van der Waals surface area contributed by atoms with Crippen molar-refractivity contribution in [3.8, 4) is 0 Å². The molecule has 0 aromatic heterocycles. The van der Waals surface area contributed by atoms with Crippen LogP contribution in [0.1, 0.15) is 31.7 Å². The van der Waals surface area contributed by atoms with Gasteiger partial charge in [-0.2, -0.15) is 0 Å². The number of hydrogen-bond acceptors (Lipinski definition) is 7. The van der Waals surface area contributed by atoms with E-state index in [4.69, 9.17) is 15.2 Å². The van der Waals surface area contributed by atoms with E-state index >= 15 is 0 Å². The molecule has 1 aromatic carbocycles. The van der Waals surface area contributed by atoms with Crippen LogP contribution in [0.5, 0.6) is 0 Å². The van der Waals surface area contributed by atoms with Crippen LogP contribution in [0.15, 0.2) is 36.1 Å². The monoisotopic (exact) mass is 392 g/mol. The fourth-order valence-electron chi connectivity index (χ4n) is 2.97. The molecule has 0 saturated heterocycles. The van der Waals surface area contributed by atoms with Crippen LogP contribution in [0.2, 0.25) is 0 Å². The molecule has 1 unspecified atom stereocenters. The Kier molecular flexibility index (Phi) is 7.51. The van der Waals surface area contributed by atoms with Gasteiger partial charge in [-0.25, -0.2) is 4.79 Å². The largest absolute Gasteiger partial charge is 0.501 e. The van der Waals surface area contributed by atoms with Crippen LogP contribution in [0.25, 0.3) is 0 Å². The number of fused-ring (bicyclic) bond motifs is 2. The second-order valence-electron chi connectivity index (χ2n) is 7.00. The van der Waals surface area contributed by atoms with E-state index in [9.17, 15) is 19.7 Å². The van der Waals surface area contributed by atoms with Gasteiger partial charge in [0, 0.05) is 24.0 Å². The summed E-state index contributed by atoms with van der Waals surface area (Å²) in [4.78, 5) is 30.3. The number of nitro groups is 1. The zero-order valence-corrected chi connectivity index (χ0v) is 15.7. The first-order chi connectivity index (χ1) is 13.3. The molecule has 1 fully saturated rings. The number of primary amides is 1. The average Bonchev–Trinajstić information content (AvgIpc) is 2.66. The molecule has 9 nitrogen and oxygen atoms in total. The summed E-state index contributed by atoms with van der Waals surface area (Å²) < 4.78 is 15.4. The van der Waals surface area contributed by atoms with Crippen LogP contribution < -0.4 is 5.73 Å². The van der Waals surface area contributed by atoms with Gasteiger partial charge >= 0.3 is 6.09 Å². The molecule has 2 heterocycles. The fourth-order valence-corrected chi connectivity index (χ4v) is 2.97. The number of nitrogens with two attached hydrogens (primary N) is 1.